The SMILES string of the molecule is Cc1c(C(=O)Cc2ccc3ccccc3n2)nnn1-c1cccc(Cl)c1. The molecule has 2 aromatic carbocycles. The van der Waals surface area contributed by atoms with Crippen molar-refractivity contribution in [1.82, 2.24) is 20.0 Å². The molecule has 2 aromatic heterocycles. The van der Waals surface area contributed by atoms with Gasteiger partial charge in [0, 0.05) is 16.1 Å². The Kier molecular flexibility index (Phi) is 4.22. The number of benzene rings is 2. The highest BCUT2D eigenvalue weighted by Gasteiger charge is 2.18. The minimum Gasteiger partial charge on any atom is -0.292 e. The Morgan fingerprint density at radius 1 is 1.08 bits per heavy atom. The van der Waals surface area contributed by atoms with Gasteiger partial charge in [-0.2, -0.15) is 0 Å². The molecule has 5 nitrogen and oxygen atoms in total. The number of Topliss-reactive ketones (excluding diaryl/α,β-unsaturated/α-hetero) is 1. The summed E-state index contributed by atoms with van der Waals surface area (Å²) in [7, 11) is 0. The number of hydrogen-bond acceptors (Lipinski definition) is 4. The van der Waals surface area contributed by atoms with Crippen molar-refractivity contribution < 1.29 is 4.79 Å². The molecule has 0 spiro atoms. The number of fused-ring (bicyclic) bond motifs is 1. The Balaban J connectivity index is 1.62. The van der Waals surface area contributed by atoms with Crippen LogP contribution in [-0.4, -0.2) is 25.8 Å². The summed E-state index contributed by atoms with van der Waals surface area (Å²) < 4.78 is 1.62. The number of carbonyl (C=O) groups excluding carboxylic acids is 1. The minimum absolute atomic E-state index is 0.112. The van der Waals surface area contributed by atoms with Crippen molar-refractivity contribution in [2.75, 3.05) is 0 Å². The topological polar surface area (TPSA) is 60.7 Å². The Morgan fingerprint density at radius 2 is 1.92 bits per heavy atom. The van der Waals surface area contributed by atoms with Crippen LogP contribution in [0.2, 0.25) is 5.02 Å². The molecular weight excluding hydrogens is 348 g/mol. The average Bonchev–Trinajstić information content (AvgIpc) is 3.03. The molecule has 0 unspecified atom stereocenters. The fraction of sp³-hybridized carbons (Fsp3) is 0.100. The average molecular weight is 363 g/mol. The number of rotatable bonds is 4. The van der Waals surface area contributed by atoms with Crippen LogP contribution in [0.3, 0.4) is 0 Å². The Morgan fingerprint density at radius 3 is 2.77 bits per heavy atom. The summed E-state index contributed by atoms with van der Waals surface area (Å²) in [5.74, 6) is -0.112. The van der Waals surface area contributed by atoms with Crippen molar-refractivity contribution in [3.63, 3.8) is 0 Å². The van der Waals surface area contributed by atoms with Crippen molar-refractivity contribution in [3.8, 4) is 5.69 Å². The molecule has 0 N–H and O–H groups in total. The number of para-hydroxylation sites is 1. The van der Waals surface area contributed by atoms with Crippen molar-refractivity contribution in [2.45, 2.75) is 13.3 Å². The monoisotopic (exact) mass is 362 g/mol. The highest BCUT2D eigenvalue weighted by Crippen LogP contribution is 2.18. The van der Waals surface area contributed by atoms with Gasteiger partial charge in [0.25, 0.3) is 0 Å². The van der Waals surface area contributed by atoms with Crippen LogP contribution in [0.1, 0.15) is 21.9 Å². The van der Waals surface area contributed by atoms with Crippen LogP contribution in [0.4, 0.5) is 0 Å². The molecule has 0 radical (unpaired) electrons. The predicted octanol–water partition coefficient (Wildman–Crippen LogP) is 4.20. The van der Waals surface area contributed by atoms with Gasteiger partial charge in [-0.3, -0.25) is 9.78 Å². The first-order chi connectivity index (χ1) is 12.6. The third-order valence-electron chi connectivity index (χ3n) is 4.21. The van der Waals surface area contributed by atoms with Gasteiger partial charge >= 0.3 is 0 Å². The second-order valence-electron chi connectivity index (χ2n) is 6.01. The minimum atomic E-state index is -0.112. The maximum Gasteiger partial charge on any atom is 0.190 e. The van der Waals surface area contributed by atoms with E-state index in [1.165, 1.54) is 0 Å². The third kappa shape index (κ3) is 3.09. The molecule has 0 atom stereocenters. The molecular formula is C20H15ClN4O. The van der Waals surface area contributed by atoms with E-state index in [0.717, 1.165) is 16.6 Å². The number of aromatic nitrogens is 4. The molecule has 0 amide bonds. The molecule has 0 aliphatic carbocycles. The van der Waals surface area contributed by atoms with Crippen LogP contribution >= 0.6 is 11.6 Å². The van der Waals surface area contributed by atoms with Crippen LogP contribution in [0.15, 0.2) is 60.7 Å². The number of hydrogen-bond donors (Lipinski definition) is 0. The summed E-state index contributed by atoms with van der Waals surface area (Å²) in [4.78, 5) is 17.3. The summed E-state index contributed by atoms with van der Waals surface area (Å²) in [6.45, 7) is 1.82. The Bertz CT molecular complexity index is 1120. The summed E-state index contributed by atoms with van der Waals surface area (Å²) in [6.07, 6.45) is 0.180. The molecule has 26 heavy (non-hydrogen) atoms. The first-order valence-corrected chi connectivity index (χ1v) is 8.56. The van der Waals surface area contributed by atoms with Crippen molar-refractivity contribution in [2.24, 2.45) is 0 Å². The molecule has 2 heterocycles. The number of carbonyl (C=O) groups is 1. The summed E-state index contributed by atoms with van der Waals surface area (Å²) in [6, 6.07) is 18.9. The first kappa shape index (κ1) is 16.4. The van der Waals surface area contributed by atoms with E-state index in [-0.39, 0.29) is 12.2 Å². The van der Waals surface area contributed by atoms with E-state index in [4.69, 9.17) is 11.6 Å². The van der Waals surface area contributed by atoms with Crippen molar-refractivity contribution in [1.29, 1.82) is 0 Å². The predicted molar refractivity (Wildman–Crippen MR) is 101 cm³/mol. The Labute approximate surface area is 155 Å². The number of pyridine rings is 1. The van der Waals surface area contributed by atoms with E-state index >= 15 is 0 Å². The van der Waals surface area contributed by atoms with Crippen LogP contribution < -0.4 is 0 Å². The van der Waals surface area contributed by atoms with Crippen molar-refractivity contribution >= 4 is 28.3 Å². The van der Waals surface area contributed by atoms with Gasteiger partial charge in [0.1, 0.15) is 0 Å². The van der Waals surface area contributed by atoms with Gasteiger partial charge < -0.3 is 0 Å². The maximum atomic E-state index is 12.7. The van der Waals surface area contributed by atoms with Gasteiger partial charge in [0.05, 0.1) is 23.3 Å². The van der Waals surface area contributed by atoms with Gasteiger partial charge in [-0.1, -0.05) is 47.1 Å². The van der Waals surface area contributed by atoms with E-state index in [9.17, 15) is 4.79 Å². The fourth-order valence-corrected chi connectivity index (χ4v) is 3.08. The molecule has 0 saturated heterocycles. The molecule has 6 heteroatoms. The first-order valence-electron chi connectivity index (χ1n) is 8.18. The lowest BCUT2D eigenvalue weighted by Gasteiger charge is -2.04. The second-order valence-corrected chi connectivity index (χ2v) is 6.45. The smallest absolute Gasteiger partial charge is 0.190 e. The maximum absolute atomic E-state index is 12.7. The normalized spacial score (nSPS) is 11.0. The van der Waals surface area contributed by atoms with Gasteiger partial charge in [-0.15, -0.1) is 5.10 Å². The molecule has 128 valence electrons. The third-order valence-corrected chi connectivity index (χ3v) is 4.44. The van der Waals surface area contributed by atoms with E-state index in [2.05, 4.69) is 15.3 Å². The number of nitrogens with zero attached hydrogens (tertiary/aromatic N) is 4. The largest absolute Gasteiger partial charge is 0.292 e. The lowest BCUT2D eigenvalue weighted by Crippen LogP contribution is -2.08. The molecule has 4 rings (SSSR count). The Hall–Kier alpha value is -3.05. The summed E-state index contributed by atoms with van der Waals surface area (Å²) in [5.41, 5.74) is 3.38. The van der Waals surface area contributed by atoms with Gasteiger partial charge in [-0.25, -0.2) is 4.68 Å². The lowest BCUT2D eigenvalue weighted by atomic mass is 10.1. The summed E-state index contributed by atoms with van der Waals surface area (Å²) >= 11 is 6.03. The highest BCUT2D eigenvalue weighted by molar-refractivity contribution is 6.30. The van der Waals surface area contributed by atoms with E-state index < -0.39 is 0 Å². The highest BCUT2D eigenvalue weighted by atomic mass is 35.5. The van der Waals surface area contributed by atoms with Gasteiger partial charge in [0.15, 0.2) is 11.5 Å². The van der Waals surface area contributed by atoms with E-state index in [1.807, 2.05) is 55.5 Å². The van der Waals surface area contributed by atoms with Crippen molar-refractivity contribution in [3.05, 3.63) is 82.8 Å². The quantitative estimate of drug-likeness (QED) is 0.510. The van der Waals surface area contributed by atoms with Gasteiger partial charge in [-0.05, 0) is 37.3 Å². The fourth-order valence-electron chi connectivity index (χ4n) is 2.89. The van der Waals surface area contributed by atoms with Gasteiger partial charge in [0.2, 0.25) is 0 Å². The molecule has 0 aliphatic heterocycles. The zero-order valence-electron chi connectivity index (χ0n) is 14.1. The zero-order valence-corrected chi connectivity index (χ0v) is 14.8. The van der Waals surface area contributed by atoms with E-state index in [1.54, 1.807) is 16.8 Å². The van der Waals surface area contributed by atoms with Crippen LogP contribution in [0.25, 0.3) is 16.6 Å². The van der Waals surface area contributed by atoms with Crippen LogP contribution in [0.5, 0.6) is 0 Å². The molecule has 0 aliphatic rings. The molecule has 0 bridgehead atoms. The lowest BCUT2D eigenvalue weighted by molar-refractivity contribution is 0.0986. The number of halogens is 1. The molecule has 0 saturated carbocycles. The molecule has 4 aromatic rings. The molecule has 0 fully saturated rings. The number of ketones is 1. The van der Waals surface area contributed by atoms with Crippen LogP contribution in [0, 0.1) is 6.92 Å². The van der Waals surface area contributed by atoms with E-state index in [0.29, 0.717) is 22.1 Å². The standard InChI is InChI=1S/C20H15ClN4O/c1-13-20(23-24-25(13)17-7-4-6-15(21)11-17)19(26)12-16-10-9-14-5-2-3-8-18(14)22-16/h2-11H,12H2,1H3. The van der Waals surface area contributed by atoms with Crippen LogP contribution in [-0.2, 0) is 6.42 Å². The zero-order chi connectivity index (χ0) is 18.1. The summed E-state index contributed by atoms with van der Waals surface area (Å²) in [5, 5.41) is 9.83. The second kappa shape index (κ2) is 6.69.